The fourth-order valence-corrected chi connectivity index (χ4v) is 2.24. The lowest BCUT2D eigenvalue weighted by atomic mass is 9.79. The molecule has 0 aromatic rings. The normalized spacial score (nSPS) is 37.8. The molecule has 7 heteroatoms. The zero-order chi connectivity index (χ0) is 13.6. The highest BCUT2D eigenvalue weighted by atomic mass is 19.4. The van der Waals surface area contributed by atoms with Crippen molar-refractivity contribution in [1.29, 1.82) is 0 Å². The van der Waals surface area contributed by atoms with E-state index in [4.69, 9.17) is 4.74 Å². The van der Waals surface area contributed by atoms with Gasteiger partial charge in [0.15, 0.2) is 5.60 Å². The fraction of sp³-hybridized carbons (Fsp3) is 0.727. The number of halogens is 3. The Balaban J connectivity index is 2.07. The summed E-state index contributed by atoms with van der Waals surface area (Å²) in [5.74, 6) is -0.404. The van der Waals surface area contributed by atoms with Crippen molar-refractivity contribution < 1.29 is 27.8 Å². The van der Waals surface area contributed by atoms with Gasteiger partial charge in [-0.3, -0.25) is 4.79 Å². The van der Waals surface area contributed by atoms with E-state index in [0.717, 1.165) is 0 Å². The number of amides is 1. The highest BCUT2D eigenvalue weighted by molar-refractivity contribution is 5.94. The summed E-state index contributed by atoms with van der Waals surface area (Å²) >= 11 is 0. The molecule has 1 spiro atoms. The van der Waals surface area contributed by atoms with Crippen LogP contribution in [0.1, 0.15) is 25.7 Å². The molecule has 1 heterocycles. The Kier molecular flexibility index (Phi) is 2.94. The minimum atomic E-state index is -4.66. The van der Waals surface area contributed by atoms with Gasteiger partial charge < -0.3 is 15.2 Å². The minimum absolute atomic E-state index is 0.0102. The van der Waals surface area contributed by atoms with Crippen LogP contribution in [0.25, 0.3) is 0 Å². The molecule has 0 radical (unpaired) electrons. The monoisotopic (exact) mass is 265 g/mol. The lowest BCUT2D eigenvalue weighted by molar-refractivity contribution is -0.282. The average molecular weight is 265 g/mol. The summed E-state index contributed by atoms with van der Waals surface area (Å²) in [5, 5.41) is 12.1. The molecule has 2 aliphatic rings. The van der Waals surface area contributed by atoms with Crippen LogP contribution < -0.4 is 5.32 Å². The first-order valence-corrected chi connectivity index (χ1v) is 5.61. The Labute approximate surface area is 102 Å². The van der Waals surface area contributed by atoms with Crippen molar-refractivity contribution in [3.8, 4) is 0 Å². The van der Waals surface area contributed by atoms with Gasteiger partial charge in [-0.2, -0.15) is 13.2 Å². The van der Waals surface area contributed by atoms with Crippen molar-refractivity contribution in [2.24, 2.45) is 0 Å². The average Bonchev–Trinajstić information content (AvgIpc) is 2.27. The van der Waals surface area contributed by atoms with E-state index >= 15 is 0 Å². The van der Waals surface area contributed by atoms with Gasteiger partial charge in [0.1, 0.15) is 5.72 Å². The number of ether oxygens (including phenoxy) is 1. The van der Waals surface area contributed by atoms with Crippen LogP contribution in [0.3, 0.4) is 0 Å². The molecule has 0 unspecified atom stereocenters. The quantitative estimate of drug-likeness (QED) is 0.648. The number of alkyl halides is 3. The van der Waals surface area contributed by atoms with Crippen LogP contribution in [0.15, 0.2) is 12.2 Å². The number of aliphatic hydroxyl groups is 1. The zero-order valence-corrected chi connectivity index (χ0v) is 9.64. The van der Waals surface area contributed by atoms with Gasteiger partial charge in [0.2, 0.25) is 0 Å². The zero-order valence-electron chi connectivity index (χ0n) is 9.64. The molecule has 0 aromatic heterocycles. The van der Waals surface area contributed by atoms with Gasteiger partial charge in [0.25, 0.3) is 5.91 Å². The van der Waals surface area contributed by atoms with E-state index in [9.17, 15) is 23.1 Å². The summed E-state index contributed by atoms with van der Waals surface area (Å²) in [6.07, 6.45) is -5.76. The van der Waals surface area contributed by atoms with Crippen LogP contribution >= 0.6 is 0 Å². The Morgan fingerprint density at radius 1 is 1.28 bits per heavy atom. The number of carbonyl (C=O) groups excluding carboxylic acids is 1. The Bertz CT molecular complexity index is 383. The molecule has 0 atom stereocenters. The second-order valence-corrected chi connectivity index (χ2v) is 4.87. The van der Waals surface area contributed by atoms with Gasteiger partial charge in [0, 0.05) is 5.57 Å². The molecule has 18 heavy (non-hydrogen) atoms. The smallest absolute Gasteiger partial charge is 0.380 e. The third-order valence-electron chi connectivity index (χ3n) is 3.60. The fourth-order valence-electron chi connectivity index (χ4n) is 2.24. The predicted octanol–water partition coefficient (Wildman–Crippen LogP) is 1.25. The number of rotatable bonds is 0. The van der Waals surface area contributed by atoms with E-state index in [1.807, 2.05) is 0 Å². The third-order valence-corrected chi connectivity index (χ3v) is 3.60. The van der Waals surface area contributed by atoms with Gasteiger partial charge in [-0.1, -0.05) is 6.58 Å². The van der Waals surface area contributed by atoms with E-state index in [1.54, 1.807) is 0 Å². The molecule has 102 valence electrons. The minimum Gasteiger partial charge on any atom is -0.380 e. The molecule has 1 aliphatic heterocycles. The first-order valence-electron chi connectivity index (χ1n) is 5.61. The highest BCUT2D eigenvalue weighted by Crippen LogP contribution is 2.45. The largest absolute Gasteiger partial charge is 0.417 e. The lowest BCUT2D eigenvalue weighted by Crippen LogP contribution is -2.61. The molecule has 1 saturated heterocycles. The molecular weight excluding hydrogens is 251 g/mol. The molecule has 0 aromatic carbocycles. The van der Waals surface area contributed by atoms with Gasteiger partial charge in [-0.05, 0) is 25.7 Å². The predicted molar refractivity (Wildman–Crippen MR) is 55.4 cm³/mol. The van der Waals surface area contributed by atoms with Crippen LogP contribution in [0.2, 0.25) is 0 Å². The van der Waals surface area contributed by atoms with Crippen molar-refractivity contribution in [2.75, 3.05) is 6.61 Å². The Hall–Kier alpha value is -1.08. The summed E-state index contributed by atoms with van der Waals surface area (Å²) in [6.45, 7) is 3.48. The van der Waals surface area contributed by atoms with E-state index in [1.165, 1.54) is 0 Å². The van der Waals surface area contributed by atoms with Crippen LogP contribution in [0.5, 0.6) is 0 Å². The van der Waals surface area contributed by atoms with Crippen molar-refractivity contribution in [3.05, 3.63) is 12.2 Å². The lowest BCUT2D eigenvalue weighted by Gasteiger charge is -2.46. The Morgan fingerprint density at radius 2 is 1.83 bits per heavy atom. The summed E-state index contributed by atoms with van der Waals surface area (Å²) in [6, 6.07) is 0. The van der Waals surface area contributed by atoms with E-state index in [-0.39, 0.29) is 25.0 Å². The molecule has 1 aliphatic carbocycles. The standard InChI is InChI=1S/C11H14F3NO3/c1-7-6-18-10(15-8(7)16)4-2-9(17,3-5-10)11(12,13)14/h17H,1-6H2,(H,15,16). The molecule has 1 saturated carbocycles. The summed E-state index contributed by atoms with van der Waals surface area (Å²) < 4.78 is 43.3. The van der Waals surface area contributed by atoms with Gasteiger partial charge in [-0.25, -0.2) is 0 Å². The number of hydrogen-bond acceptors (Lipinski definition) is 3. The van der Waals surface area contributed by atoms with Crippen LogP contribution in [0, 0.1) is 0 Å². The third kappa shape index (κ3) is 2.12. The molecule has 2 N–H and O–H groups in total. The molecule has 0 bridgehead atoms. The number of hydrogen-bond donors (Lipinski definition) is 2. The maximum atomic E-state index is 12.6. The van der Waals surface area contributed by atoms with Crippen LogP contribution in [-0.2, 0) is 9.53 Å². The Morgan fingerprint density at radius 3 is 2.28 bits per heavy atom. The first kappa shape index (κ1) is 13.4. The maximum Gasteiger partial charge on any atom is 0.417 e. The van der Waals surface area contributed by atoms with Gasteiger partial charge in [-0.15, -0.1) is 0 Å². The number of nitrogens with one attached hydrogen (secondary N) is 1. The number of carbonyl (C=O) groups is 1. The molecule has 4 nitrogen and oxygen atoms in total. The SMILES string of the molecule is C=C1COC2(CCC(O)(C(F)(F)F)CC2)NC1=O. The van der Waals surface area contributed by atoms with Crippen molar-refractivity contribution >= 4 is 5.91 Å². The molecular formula is C11H14F3NO3. The van der Waals surface area contributed by atoms with Crippen LogP contribution in [0.4, 0.5) is 13.2 Å². The second kappa shape index (κ2) is 3.96. The second-order valence-electron chi connectivity index (χ2n) is 4.87. The van der Waals surface area contributed by atoms with Crippen molar-refractivity contribution in [3.63, 3.8) is 0 Å². The molecule has 2 fully saturated rings. The van der Waals surface area contributed by atoms with Gasteiger partial charge >= 0.3 is 6.18 Å². The topological polar surface area (TPSA) is 58.6 Å². The van der Waals surface area contributed by atoms with Gasteiger partial charge in [0.05, 0.1) is 6.61 Å². The van der Waals surface area contributed by atoms with E-state index in [2.05, 4.69) is 11.9 Å². The maximum absolute atomic E-state index is 12.6. The van der Waals surface area contributed by atoms with E-state index < -0.39 is 36.3 Å². The summed E-state index contributed by atoms with van der Waals surface area (Å²) in [4.78, 5) is 11.5. The first-order chi connectivity index (χ1) is 8.18. The molecule has 2 rings (SSSR count). The van der Waals surface area contributed by atoms with Crippen LogP contribution in [-0.4, -0.2) is 35.1 Å². The summed E-state index contributed by atoms with van der Waals surface area (Å²) in [7, 11) is 0. The van der Waals surface area contributed by atoms with E-state index in [0.29, 0.717) is 0 Å². The summed E-state index contributed by atoms with van der Waals surface area (Å²) in [5.41, 5.74) is -3.52. The molecule has 1 amide bonds. The highest BCUT2D eigenvalue weighted by Gasteiger charge is 2.58. The van der Waals surface area contributed by atoms with Crippen molar-refractivity contribution in [2.45, 2.75) is 43.2 Å². The van der Waals surface area contributed by atoms with Crippen molar-refractivity contribution in [1.82, 2.24) is 5.32 Å².